The van der Waals surface area contributed by atoms with Crippen LogP contribution in [0.15, 0.2) is 42.6 Å². The zero-order valence-electron chi connectivity index (χ0n) is 14.5. The number of aromatic amines is 1. The molecule has 3 aromatic rings. The number of carbonyl (C=O) groups is 1. The van der Waals surface area contributed by atoms with Gasteiger partial charge in [0.2, 0.25) is 0 Å². The van der Waals surface area contributed by atoms with Crippen LogP contribution in [-0.4, -0.2) is 22.4 Å². The van der Waals surface area contributed by atoms with Gasteiger partial charge < -0.3 is 10.3 Å². The Morgan fingerprint density at radius 2 is 2.24 bits per heavy atom. The second-order valence-electron chi connectivity index (χ2n) is 7.02. The lowest BCUT2D eigenvalue weighted by Crippen LogP contribution is -2.25. The summed E-state index contributed by atoms with van der Waals surface area (Å²) in [5, 5.41) is 4.21. The Kier molecular flexibility index (Phi) is 4.26. The molecular weight excluding hydrogens is 310 g/mol. The normalized spacial score (nSPS) is 16.6. The van der Waals surface area contributed by atoms with E-state index in [1.807, 2.05) is 36.4 Å². The van der Waals surface area contributed by atoms with E-state index in [1.54, 1.807) is 6.20 Å². The van der Waals surface area contributed by atoms with Crippen LogP contribution in [-0.2, 0) is 19.3 Å². The average molecular weight is 333 g/mol. The molecule has 4 nitrogen and oxygen atoms in total. The summed E-state index contributed by atoms with van der Waals surface area (Å²) in [5.41, 5.74) is 5.61. The van der Waals surface area contributed by atoms with Crippen LogP contribution in [0, 0.1) is 5.92 Å². The van der Waals surface area contributed by atoms with Crippen molar-refractivity contribution < 1.29 is 4.79 Å². The van der Waals surface area contributed by atoms with Crippen molar-refractivity contribution in [1.82, 2.24) is 15.3 Å². The molecule has 0 saturated heterocycles. The van der Waals surface area contributed by atoms with Crippen molar-refractivity contribution in [3.63, 3.8) is 0 Å². The Labute approximate surface area is 147 Å². The fourth-order valence-corrected chi connectivity index (χ4v) is 3.68. The zero-order valence-corrected chi connectivity index (χ0v) is 14.5. The van der Waals surface area contributed by atoms with Gasteiger partial charge in [0.25, 0.3) is 5.91 Å². The number of pyridine rings is 1. The highest BCUT2D eigenvalue weighted by molar-refractivity contribution is 5.99. The van der Waals surface area contributed by atoms with Crippen molar-refractivity contribution in [3.8, 4) is 0 Å². The van der Waals surface area contributed by atoms with Crippen LogP contribution in [0.3, 0.4) is 0 Å². The van der Waals surface area contributed by atoms with E-state index in [0.717, 1.165) is 36.0 Å². The number of hydrogen-bond donors (Lipinski definition) is 2. The van der Waals surface area contributed by atoms with Gasteiger partial charge in [0, 0.05) is 47.0 Å². The van der Waals surface area contributed by atoms with Crippen LogP contribution < -0.4 is 5.32 Å². The molecule has 0 spiro atoms. The number of nitrogens with zero attached hydrogens (tertiary/aromatic N) is 1. The summed E-state index contributed by atoms with van der Waals surface area (Å²) in [5.74, 6) is 0.694. The molecule has 0 aliphatic heterocycles. The molecule has 2 N–H and O–H groups in total. The number of nitrogens with one attached hydrogen (secondary N) is 2. The SMILES string of the molecule is CC1CCc2[nH]c3ccc(C(=O)NCCc4ccccn4)cc3c2C1. The second kappa shape index (κ2) is 6.71. The number of benzene rings is 1. The second-order valence-corrected chi connectivity index (χ2v) is 7.02. The summed E-state index contributed by atoms with van der Waals surface area (Å²) in [6.45, 7) is 2.89. The van der Waals surface area contributed by atoms with E-state index in [0.29, 0.717) is 12.5 Å². The van der Waals surface area contributed by atoms with E-state index < -0.39 is 0 Å². The predicted molar refractivity (Wildman–Crippen MR) is 99.8 cm³/mol. The standard InChI is InChI=1S/C21H23N3O/c1-14-5-7-19-17(12-14)18-13-15(6-8-20(18)24-19)21(25)23-11-9-16-4-2-3-10-22-16/h2-4,6,8,10,13-14,24H,5,7,9,11-12H2,1H3,(H,23,25). The summed E-state index contributed by atoms with van der Waals surface area (Å²) in [4.78, 5) is 20.3. The average Bonchev–Trinajstić information content (AvgIpc) is 2.99. The molecule has 1 unspecified atom stereocenters. The molecule has 2 aromatic heterocycles. The van der Waals surface area contributed by atoms with Gasteiger partial charge in [-0.15, -0.1) is 0 Å². The third kappa shape index (κ3) is 3.29. The van der Waals surface area contributed by atoms with E-state index in [-0.39, 0.29) is 5.91 Å². The first-order valence-corrected chi connectivity index (χ1v) is 9.02. The third-order valence-electron chi connectivity index (χ3n) is 5.09. The summed E-state index contributed by atoms with van der Waals surface area (Å²) in [7, 11) is 0. The third-order valence-corrected chi connectivity index (χ3v) is 5.09. The van der Waals surface area contributed by atoms with E-state index in [1.165, 1.54) is 23.1 Å². The van der Waals surface area contributed by atoms with Crippen LogP contribution in [0.25, 0.3) is 10.9 Å². The number of carbonyl (C=O) groups excluding carboxylic acids is 1. The number of aromatic nitrogens is 2. The lowest BCUT2D eigenvalue weighted by Gasteiger charge is -2.18. The van der Waals surface area contributed by atoms with Gasteiger partial charge in [-0.3, -0.25) is 9.78 Å². The molecule has 1 aliphatic carbocycles. The number of aryl methyl sites for hydroxylation is 1. The molecule has 25 heavy (non-hydrogen) atoms. The van der Waals surface area contributed by atoms with E-state index >= 15 is 0 Å². The monoisotopic (exact) mass is 333 g/mol. The number of amides is 1. The van der Waals surface area contributed by atoms with Gasteiger partial charge in [0.1, 0.15) is 0 Å². The maximum absolute atomic E-state index is 12.5. The van der Waals surface area contributed by atoms with Gasteiger partial charge in [-0.1, -0.05) is 13.0 Å². The van der Waals surface area contributed by atoms with Gasteiger partial charge in [0.15, 0.2) is 0 Å². The first-order valence-electron chi connectivity index (χ1n) is 9.02. The summed E-state index contributed by atoms with van der Waals surface area (Å²) in [6.07, 6.45) is 5.96. The summed E-state index contributed by atoms with van der Waals surface area (Å²) in [6, 6.07) is 11.8. The van der Waals surface area contributed by atoms with Crippen LogP contribution in [0.1, 0.15) is 40.7 Å². The van der Waals surface area contributed by atoms with Gasteiger partial charge in [0.05, 0.1) is 0 Å². The first-order chi connectivity index (χ1) is 12.2. The molecule has 4 rings (SSSR count). The minimum atomic E-state index is -0.0170. The molecule has 1 amide bonds. The van der Waals surface area contributed by atoms with Crippen molar-refractivity contribution in [3.05, 3.63) is 65.1 Å². The molecule has 4 heteroatoms. The molecule has 0 fully saturated rings. The fourth-order valence-electron chi connectivity index (χ4n) is 3.68. The minimum Gasteiger partial charge on any atom is -0.358 e. The zero-order chi connectivity index (χ0) is 17.2. The van der Waals surface area contributed by atoms with Gasteiger partial charge in [-0.2, -0.15) is 0 Å². The van der Waals surface area contributed by atoms with Crippen molar-refractivity contribution in [2.75, 3.05) is 6.54 Å². The van der Waals surface area contributed by atoms with E-state index in [4.69, 9.17) is 0 Å². The lowest BCUT2D eigenvalue weighted by atomic mass is 9.87. The van der Waals surface area contributed by atoms with Crippen LogP contribution in [0.4, 0.5) is 0 Å². The van der Waals surface area contributed by atoms with Gasteiger partial charge in [-0.25, -0.2) is 0 Å². The number of rotatable bonds is 4. The van der Waals surface area contributed by atoms with Crippen molar-refractivity contribution in [2.45, 2.75) is 32.6 Å². The van der Waals surface area contributed by atoms with Crippen LogP contribution >= 0.6 is 0 Å². The fraction of sp³-hybridized carbons (Fsp3) is 0.333. The predicted octanol–water partition coefficient (Wildman–Crippen LogP) is 3.66. The molecule has 1 atom stereocenters. The molecule has 0 radical (unpaired) electrons. The molecule has 0 bridgehead atoms. The van der Waals surface area contributed by atoms with Crippen LogP contribution in [0.5, 0.6) is 0 Å². The first kappa shape index (κ1) is 15.9. The molecule has 128 valence electrons. The Morgan fingerprint density at radius 1 is 1.32 bits per heavy atom. The highest BCUT2D eigenvalue weighted by Gasteiger charge is 2.20. The topological polar surface area (TPSA) is 57.8 Å². The van der Waals surface area contributed by atoms with Crippen molar-refractivity contribution in [1.29, 1.82) is 0 Å². The summed E-state index contributed by atoms with van der Waals surface area (Å²) < 4.78 is 0. The molecule has 1 aromatic carbocycles. The highest BCUT2D eigenvalue weighted by Crippen LogP contribution is 2.32. The Morgan fingerprint density at radius 3 is 3.08 bits per heavy atom. The maximum Gasteiger partial charge on any atom is 0.251 e. The minimum absolute atomic E-state index is 0.0170. The quantitative estimate of drug-likeness (QED) is 0.765. The Bertz CT molecular complexity index is 898. The lowest BCUT2D eigenvalue weighted by molar-refractivity contribution is 0.0954. The number of hydrogen-bond acceptors (Lipinski definition) is 2. The molecule has 2 heterocycles. The van der Waals surface area contributed by atoms with Crippen molar-refractivity contribution >= 4 is 16.8 Å². The largest absolute Gasteiger partial charge is 0.358 e. The van der Waals surface area contributed by atoms with E-state index in [2.05, 4.69) is 22.2 Å². The van der Waals surface area contributed by atoms with Crippen LogP contribution in [0.2, 0.25) is 0 Å². The Hall–Kier alpha value is -2.62. The molecule has 0 saturated carbocycles. The van der Waals surface area contributed by atoms with Gasteiger partial charge in [-0.05, 0) is 61.1 Å². The molecule has 1 aliphatic rings. The smallest absolute Gasteiger partial charge is 0.251 e. The van der Waals surface area contributed by atoms with E-state index in [9.17, 15) is 4.79 Å². The summed E-state index contributed by atoms with van der Waals surface area (Å²) >= 11 is 0. The number of H-pyrrole nitrogens is 1. The Balaban J connectivity index is 1.49. The van der Waals surface area contributed by atoms with Gasteiger partial charge >= 0.3 is 0 Å². The van der Waals surface area contributed by atoms with Crippen molar-refractivity contribution in [2.24, 2.45) is 5.92 Å². The maximum atomic E-state index is 12.5. The highest BCUT2D eigenvalue weighted by atomic mass is 16.1. The number of fused-ring (bicyclic) bond motifs is 3. The molecular formula is C21H23N3O.